The van der Waals surface area contributed by atoms with E-state index in [0.29, 0.717) is 5.25 Å². The minimum atomic E-state index is 0.251. The van der Waals surface area contributed by atoms with Gasteiger partial charge >= 0.3 is 0 Å². The molecule has 12 heavy (non-hydrogen) atoms. The molecule has 2 nitrogen and oxygen atoms in total. The molecule has 1 atom stereocenters. The third kappa shape index (κ3) is 3.43. The first kappa shape index (κ1) is 10.5. The number of aliphatic hydroxyl groups is 1. The van der Waals surface area contributed by atoms with Crippen LogP contribution >= 0.6 is 39.0 Å². The first-order chi connectivity index (χ1) is 5.72. The highest BCUT2D eigenvalue weighted by Gasteiger charge is 2.06. The van der Waals surface area contributed by atoms with E-state index in [1.807, 2.05) is 5.38 Å². The molecule has 68 valence electrons. The summed E-state index contributed by atoms with van der Waals surface area (Å²) in [5, 5.41) is 11.1. The van der Waals surface area contributed by atoms with Gasteiger partial charge in [-0.1, -0.05) is 18.7 Å². The molecule has 0 fully saturated rings. The Bertz CT molecular complexity index is 241. The number of hydrogen-bond acceptors (Lipinski definition) is 4. The summed E-state index contributed by atoms with van der Waals surface area (Å²) in [7, 11) is 0. The second kappa shape index (κ2) is 5.21. The number of thiazole rings is 1. The quantitative estimate of drug-likeness (QED) is 0.852. The Hall–Kier alpha value is 0.420. The maximum Gasteiger partial charge on any atom is 0.151 e. The minimum Gasteiger partial charge on any atom is -0.396 e. The summed E-state index contributed by atoms with van der Waals surface area (Å²) in [6.07, 6.45) is 0.821. The van der Waals surface area contributed by atoms with E-state index in [1.54, 1.807) is 23.1 Å². The van der Waals surface area contributed by atoms with Crippen molar-refractivity contribution in [3.05, 3.63) is 9.98 Å². The number of halogens is 1. The van der Waals surface area contributed by atoms with Gasteiger partial charge in [0, 0.05) is 17.2 Å². The summed E-state index contributed by atoms with van der Waals surface area (Å²) in [5.74, 6) is 0. The Morgan fingerprint density at radius 2 is 2.58 bits per heavy atom. The van der Waals surface area contributed by atoms with Gasteiger partial charge in [-0.25, -0.2) is 4.98 Å². The van der Waals surface area contributed by atoms with Crippen molar-refractivity contribution in [1.82, 2.24) is 4.98 Å². The van der Waals surface area contributed by atoms with E-state index >= 15 is 0 Å². The van der Waals surface area contributed by atoms with Crippen LogP contribution in [0.2, 0.25) is 0 Å². The highest BCUT2D eigenvalue weighted by Crippen LogP contribution is 2.29. The molecule has 0 aromatic carbocycles. The molecule has 5 heteroatoms. The first-order valence-corrected chi connectivity index (χ1v) is 6.16. The average molecular weight is 268 g/mol. The molecule has 1 unspecified atom stereocenters. The molecule has 1 aromatic rings. The summed E-state index contributed by atoms with van der Waals surface area (Å²) < 4.78 is 1.95. The lowest BCUT2D eigenvalue weighted by atomic mass is 10.4. The van der Waals surface area contributed by atoms with Crippen LogP contribution < -0.4 is 0 Å². The second-order valence-corrected chi connectivity index (χ2v) is 5.73. The lowest BCUT2D eigenvalue weighted by Crippen LogP contribution is -1.98. The van der Waals surface area contributed by atoms with Crippen LogP contribution in [0.3, 0.4) is 0 Å². The van der Waals surface area contributed by atoms with E-state index < -0.39 is 0 Å². The molecule has 1 heterocycles. The fraction of sp³-hybridized carbons (Fsp3) is 0.571. The number of hydrogen-bond donors (Lipinski definition) is 1. The van der Waals surface area contributed by atoms with Gasteiger partial charge in [0.25, 0.3) is 0 Å². The second-order valence-electron chi connectivity index (χ2n) is 2.38. The summed E-state index contributed by atoms with van der Waals surface area (Å²) in [6.45, 7) is 2.34. The van der Waals surface area contributed by atoms with Gasteiger partial charge in [0.15, 0.2) is 4.34 Å². The van der Waals surface area contributed by atoms with E-state index in [-0.39, 0.29) is 6.61 Å². The Morgan fingerprint density at radius 3 is 3.08 bits per heavy atom. The average Bonchev–Trinajstić information content (AvgIpc) is 2.36. The smallest absolute Gasteiger partial charge is 0.151 e. The molecule has 0 spiro atoms. The van der Waals surface area contributed by atoms with E-state index in [2.05, 4.69) is 27.8 Å². The molecule has 0 amide bonds. The van der Waals surface area contributed by atoms with Gasteiger partial charge < -0.3 is 5.11 Å². The molecule has 1 N–H and O–H groups in total. The minimum absolute atomic E-state index is 0.251. The zero-order valence-electron chi connectivity index (χ0n) is 6.66. The van der Waals surface area contributed by atoms with Crippen molar-refractivity contribution in [2.45, 2.75) is 22.9 Å². The number of thioether (sulfide) groups is 1. The monoisotopic (exact) mass is 267 g/mol. The largest absolute Gasteiger partial charge is 0.396 e. The van der Waals surface area contributed by atoms with Crippen LogP contribution in [0.15, 0.2) is 14.3 Å². The number of rotatable bonds is 4. The molecule has 0 aliphatic rings. The van der Waals surface area contributed by atoms with Crippen LogP contribution in [0.5, 0.6) is 0 Å². The molecular formula is C7H10BrNOS2. The summed E-state index contributed by atoms with van der Waals surface area (Å²) in [5.41, 5.74) is 0. The van der Waals surface area contributed by atoms with E-state index in [4.69, 9.17) is 5.11 Å². The van der Waals surface area contributed by atoms with E-state index in [9.17, 15) is 0 Å². The van der Waals surface area contributed by atoms with Gasteiger partial charge in [0.1, 0.15) is 4.60 Å². The topological polar surface area (TPSA) is 33.1 Å². The Balaban J connectivity index is 2.41. The molecule has 0 saturated heterocycles. The maximum atomic E-state index is 8.68. The summed E-state index contributed by atoms with van der Waals surface area (Å²) in [4.78, 5) is 4.25. The summed E-state index contributed by atoms with van der Waals surface area (Å²) in [6, 6.07) is 0. The predicted octanol–water partition coefficient (Wildman–Crippen LogP) is 2.77. The highest BCUT2D eigenvalue weighted by atomic mass is 79.9. The van der Waals surface area contributed by atoms with Crippen molar-refractivity contribution >= 4 is 39.0 Å². The predicted molar refractivity (Wildman–Crippen MR) is 56.8 cm³/mol. The Labute approximate surface area is 88.5 Å². The number of nitrogens with zero attached hydrogens (tertiary/aromatic N) is 1. The van der Waals surface area contributed by atoms with Crippen molar-refractivity contribution in [1.29, 1.82) is 0 Å². The van der Waals surface area contributed by atoms with Crippen molar-refractivity contribution in [3.63, 3.8) is 0 Å². The van der Waals surface area contributed by atoms with Crippen molar-refractivity contribution in [2.75, 3.05) is 6.61 Å². The fourth-order valence-corrected chi connectivity index (χ4v) is 3.38. The van der Waals surface area contributed by atoms with E-state index in [0.717, 1.165) is 15.4 Å². The maximum absolute atomic E-state index is 8.68. The van der Waals surface area contributed by atoms with Gasteiger partial charge in [-0.3, -0.25) is 0 Å². The fourth-order valence-electron chi connectivity index (χ4n) is 0.706. The molecule has 1 aromatic heterocycles. The van der Waals surface area contributed by atoms with Crippen LogP contribution in [-0.4, -0.2) is 21.9 Å². The Morgan fingerprint density at radius 1 is 1.83 bits per heavy atom. The molecule has 0 aliphatic carbocycles. The lowest BCUT2D eigenvalue weighted by molar-refractivity contribution is 0.289. The highest BCUT2D eigenvalue weighted by molar-refractivity contribution is 9.10. The standard InChI is InChI=1S/C7H10BrNOS2/c1-5(2-3-10)12-7-9-6(8)4-11-7/h4-5,10H,2-3H2,1H3. The van der Waals surface area contributed by atoms with Crippen molar-refractivity contribution in [2.24, 2.45) is 0 Å². The molecule has 0 saturated carbocycles. The third-order valence-electron chi connectivity index (χ3n) is 1.29. The molecule has 1 rings (SSSR count). The van der Waals surface area contributed by atoms with Crippen LogP contribution in [0.25, 0.3) is 0 Å². The van der Waals surface area contributed by atoms with Crippen LogP contribution in [-0.2, 0) is 0 Å². The van der Waals surface area contributed by atoms with Gasteiger partial charge in [-0.15, -0.1) is 11.3 Å². The van der Waals surface area contributed by atoms with Crippen molar-refractivity contribution < 1.29 is 5.11 Å². The van der Waals surface area contributed by atoms with Gasteiger partial charge in [0.05, 0.1) is 0 Å². The normalized spacial score (nSPS) is 13.2. The molecule has 0 bridgehead atoms. The van der Waals surface area contributed by atoms with Gasteiger partial charge in [-0.05, 0) is 22.4 Å². The van der Waals surface area contributed by atoms with Crippen LogP contribution in [0.1, 0.15) is 13.3 Å². The first-order valence-electron chi connectivity index (χ1n) is 3.61. The van der Waals surface area contributed by atoms with Crippen molar-refractivity contribution in [3.8, 4) is 0 Å². The van der Waals surface area contributed by atoms with Crippen LogP contribution in [0.4, 0.5) is 0 Å². The molecule has 0 aliphatic heterocycles. The van der Waals surface area contributed by atoms with E-state index in [1.165, 1.54) is 0 Å². The molecular weight excluding hydrogens is 258 g/mol. The lowest BCUT2D eigenvalue weighted by Gasteiger charge is -2.04. The zero-order valence-corrected chi connectivity index (χ0v) is 9.88. The Kier molecular flexibility index (Phi) is 4.56. The van der Waals surface area contributed by atoms with Gasteiger partial charge in [0.2, 0.25) is 0 Å². The number of aliphatic hydroxyl groups excluding tert-OH is 1. The van der Waals surface area contributed by atoms with Gasteiger partial charge in [-0.2, -0.15) is 0 Å². The third-order valence-corrected chi connectivity index (χ3v) is 4.14. The number of aromatic nitrogens is 1. The molecule has 0 radical (unpaired) electrons. The van der Waals surface area contributed by atoms with Crippen LogP contribution in [0, 0.1) is 0 Å². The summed E-state index contributed by atoms with van der Waals surface area (Å²) >= 11 is 6.63. The SMILES string of the molecule is CC(CCO)Sc1nc(Br)cs1. The zero-order chi connectivity index (χ0) is 8.97.